The number of carbonyl (C=O) groups excluding carboxylic acids is 1. The second-order valence-corrected chi connectivity index (χ2v) is 13.0. The summed E-state index contributed by atoms with van der Waals surface area (Å²) in [6.07, 6.45) is -2.40. The second kappa shape index (κ2) is 13.2. The van der Waals surface area contributed by atoms with Crippen LogP contribution in [0.25, 0.3) is 11.0 Å². The number of hydrogen-bond acceptors (Lipinski definition) is 8. The Kier molecular flexibility index (Phi) is 9.00. The zero-order valence-corrected chi connectivity index (χ0v) is 27.1. The lowest BCUT2D eigenvalue weighted by Gasteiger charge is -2.35. The Labute approximate surface area is 281 Å². The van der Waals surface area contributed by atoms with E-state index in [9.17, 15) is 23.1 Å². The summed E-state index contributed by atoms with van der Waals surface area (Å²) in [6, 6.07) is 12.4. The summed E-state index contributed by atoms with van der Waals surface area (Å²) in [5.74, 6) is 1.09. The summed E-state index contributed by atoms with van der Waals surface area (Å²) in [5.41, 5.74) is 1.49. The van der Waals surface area contributed by atoms with E-state index in [1.165, 1.54) is 12.1 Å². The summed E-state index contributed by atoms with van der Waals surface area (Å²) in [7, 11) is 0. The number of anilines is 1. The molecule has 0 bridgehead atoms. The highest BCUT2D eigenvalue weighted by molar-refractivity contribution is 5.90. The molecule has 0 radical (unpaired) electrons. The maximum atomic E-state index is 14.2. The third-order valence-corrected chi connectivity index (χ3v) is 9.76. The monoisotopic (exact) mass is 680 g/mol. The number of aliphatic hydroxyl groups is 2. The number of rotatable bonds is 8. The summed E-state index contributed by atoms with van der Waals surface area (Å²) in [6.45, 7) is 6.02. The number of halogens is 3. The van der Waals surface area contributed by atoms with Crippen molar-refractivity contribution in [3.63, 3.8) is 0 Å². The van der Waals surface area contributed by atoms with E-state index in [2.05, 4.69) is 20.2 Å². The number of aromatic nitrogens is 2. The van der Waals surface area contributed by atoms with E-state index in [0.29, 0.717) is 73.9 Å². The zero-order valence-electron chi connectivity index (χ0n) is 27.1. The van der Waals surface area contributed by atoms with Crippen LogP contribution in [0.2, 0.25) is 0 Å². The number of H-pyrrole nitrogens is 1. The van der Waals surface area contributed by atoms with Gasteiger partial charge in [0.25, 0.3) is 0 Å². The molecule has 0 unspecified atom stereocenters. The van der Waals surface area contributed by atoms with Gasteiger partial charge in [0.05, 0.1) is 42.5 Å². The SMILES string of the molecule is C[C@H]1c2cc(Oc3ccnc4[nH]c(C5(O)COC5)cc34)ccc2CCN1C(=O)Nc1ccc(CN2CCN(CCO)CC2)c(C(F)(F)F)c1. The fourth-order valence-electron chi connectivity index (χ4n) is 6.86. The maximum absolute atomic E-state index is 14.2. The highest BCUT2D eigenvalue weighted by Crippen LogP contribution is 2.39. The van der Waals surface area contributed by atoms with E-state index in [0.717, 1.165) is 17.2 Å². The number of pyridine rings is 1. The molecule has 7 rings (SSSR count). The minimum Gasteiger partial charge on any atom is -0.457 e. The van der Waals surface area contributed by atoms with Crippen molar-refractivity contribution in [2.24, 2.45) is 0 Å². The average molecular weight is 681 g/mol. The van der Waals surface area contributed by atoms with Gasteiger partial charge in [0.2, 0.25) is 0 Å². The van der Waals surface area contributed by atoms with Crippen molar-refractivity contribution in [1.82, 2.24) is 24.7 Å². The van der Waals surface area contributed by atoms with E-state index in [1.807, 2.05) is 36.1 Å². The second-order valence-electron chi connectivity index (χ2n) is 13.0. The van der Waals surface area contributed by atoms with Crippen LogP contribution in [-0.2, 0) is 29.5 Å². The molecule has 4 N–H and O–H groups in total. The van der Waals surface area contributed by atoms with Gasteiger partial charge in [0.1, 0.15) is 17.1 Å². The molecule has 2 fully saturated rings. The number of β-amino-alcohol motifs (C(OH)–C–C–N with tert-alkyl or cyclic N) is 1. The topological polar surface area (TPSA) is 126 Å². The number of urea groups is 1. The van der Waals surface area contributed by atoms with Crippen LogP contribution >= 0.6 is 0 Å². The molecule has 11 nitrogen and oxygen atoms in total. The number of benzene rings is 2. The van der Waals surface area contributed by atoms with Crippen molar-refractivity contribution in [2.45, 2.75) is 37.7 Å². The Bertz CT molecular complexity index is 1840. The molecule has 260 valence electrons. The first-order valence-electron chi connectivity index (χ1n) is 16.4. The molecule has 3 aliphatic rings. The molecular formula is C35H39F3N6O5. The number of nitrogens with one attached hydrogen (secondary N) is 2. The van der Waals surface area contributed by atoms with Crippen molar-refractivity contribution in [2.75, 3.05) is 64.4 Å². The lowest BCUT2D eigenvalue weighted by Crippen LogP contribution is -2.46. The van der Waals surface area contributed by atoms with E-state index < -0.39 is 23.4 Å². The number of nitrogens with zero attached hydrogens (tertiary/aromatic N) is 4. The lowest BCUT2D eigenvalue weighted by atomic mass is 9.93. The smallest absolute Gasteiger partial charge is 0.416 e. The first-order valence-corrected chi connectivity index (χ1v) is 16.4. The molecule has 2 aromatic carbocycles. The van der Waals surface area contributed by atoms with Crippen LogP contribution in [0, 0.1) is 0 Å². The van der Waals surface area contributed by atoms with E-state index in [1.54, 1.807) is 17.2 Å². The van der Waals surface area contributed by atoms with Gasteiger partial charge >= 0.3 is 12.2 Å². The average Bonchev–Trinajstić information content (AvgIpc) is 3.51. The largest absolute Gasteiger partial charge is 0.457 e. The number of ether oxygens (including phenoxy) is 2. The summed E-state index contributed by atoms with van der Waals surface area (Å²) in [4.78, 5) is 26.7. The molecule has 5 heterocycles. The molecule has 1 atom stereocenters. The summed E-state index contributed by atoms with van der Waals surface area (Å²) < 4.78 is 54.1. The maximum Gasteiger partial charge on any atom is 0.416 e. The number of amides is 2. The zero-order chi connectivity index (χ0) is 34.3. The number of fused-ring (bicyclic) bond motifs is 2. The van der Waals surface area contributed by atoms with Crippen LogP contribution in [0.4, 0.5) is 23.7 Å². The quantitative estimate of drug-likeness (QED) is 0.208. The Morgan fingerprint density at radius 3 is 2.57 bits per heavy atom. The molecule has 3 aliphatic heterocycles. The van der Waals surface area contributed by atoms with Crippen molar-refractivity contribution in [1.29, 1.82) is 0 Å². The van der Waals surface area contributed by atoms with Crippen LogP contribution in [0.15, 0.2) is 54.7 Å². The molecule has 0 saturated carbocycles. The van der Waals surface area contributed by atoms with Gasteiger partial charge in [-0.3, -0.25) is 9.80 Å². The Hall–Kier alpha value is -4.21. The van der Waals surface area contributed by atoms with Crippen molar-refractivity contribution in [3.05, 3.63) is 82.7 Å². The van der Waals surface area contributed by atoms with Gasteiger partial charge in [-0.1, -0.05) is 12.1 Å². The Morgan fingerprint density at radius 2 is 1.86 bits per heavy atom. The Balaban J connectivity index is 1.05. The first kappa shape index (κ1) is 33.3. The number of alkyl halides is 3. The normalized spacial score (nSPS) is 19.8. The predicted octanol–water partition coefficient (Wildman–Crippen LogP) is 4.85. The van der Waals surface area contributed by atoms with Crippen molar-refractivity contribution in [3.8, 4) is 11.5 Å². The van der Waals surface area contributed by atoms with Gasteiger partial charge in [-0.15, -0.1) is 0 Å². The minimum atomic E-state index is -4.59. The van der Waals surface area contributed by atoms with Gasteiger partial charge < -0.3 is 34.9 Å². The third-order valence-electron chi connectivity index (χ3n) is 9.76. The minimum absolute atomic E-state index is 0.0539. The number of aromatic amines is 1. The van der Waals surface area contributed by atoms with Crippen LogP contribution in [0.5, 0.6) is 11.5 Å². The highest BCUT2D eigenvalue weighted by atomic mass is 19.4. The molecule has 14 heteroatoms. The number of piperazine rings is 1. The summed E-state index contributed by atoms with van der Waals surface area (Å²) >= 11 is 0. The highest BCUT2D eigenvalue weighted by Gasteiger charge is 2.40. The predicted molar refractivity (Wildman–Crippen MR) is 175 cm³/mol. The standard InChI is InChI=1S/C35H39F3N6O5/c1-22-27-17-26(49-30-6-8-39-32-28(30)18-31(41-32)34(47)20-48-21-34)5-3-23(27)7-9-44(22)33(46)40-25-4-2-24(29(16-25)35(36,37)38)19-43-12-10-42(11-13-43)14-15-45/h2-6,8,16-18,22,45,47H,7,9-15,19-21H2,1H3,(H,39,41)(H,40,46)/t22-/m0/s1. The molecule has 2 saturated heterocycles. The van der Waals surface area contributed by atoms with Gasteiger partial charge in [-0.25, -0.2) is 9.78 Å². The van der Waals surface area contributed by atoms with E-state index in [4.69, 9.17) is 14.6 Å². The molecule has 0 spiro atoms. The van der Waals surface area contributed by atoms with Crippen LogP contribution in [-0.4, -0.2) is 100 Å². The van der Waals surface area contributed by atoms with E-state index in [-0.39, 0.29) is 43.7 Å². The van der Waals surface area contributed by atoms with Gasteiger partial charge in [-0.05, 0) is 66.4 Å². The number of carbonyl (C=O) groups is 1. The molecule has 2 amide bonds. The molecule has 2 aromatic heterocycles. The number of hydrogen-bond donors (Lipinski definition) is 4. The summed E-state index contributed by atoms with van der Waals surface area (Å²) in [5, 5.41) is 23.3. The third kappa shape index (κ3) is 6.83. The number of aliphatic hydroxyl groups excluding tert-OH is 1. The van der Waals surface area contributed by atoms with Crippen molar-refractivity contribution >= 4 is 22.8 Å². The fourth-order valence-corrected chi connectivity index (χ4v) is 6.86. The van der Waals surface area contributed by atoms with Crippen LogP contribution in [0.3, 0.4) is 0 Å². The molecular weight excluding hydrogens is 641 g/mol. The van der Waals surface area contributed by atoms with Crippen LogP contribution in [0.1, 0.15) is 40.9 Å². The van der Waals surface area contributed by atoms with Gasteiger partial charge in [0.15, 0.2) is 5.60 Å². The molecule has 0 aliphatic carbocycles. The van der Waals surface area contributed by atoms with Gasteiger partial charge in [0, 0.05) is 57.7 Å². The first-order chi connectivity index (χ1) is 23.5. The fraction of sp³-hybridized carbons (Fsp3) is 0.429. The van der Waals surface area contributed by atoms with E-state index >= 15 is 0 Å². The molecule has 49 heavy (non-hydrogen) atoms. The van der Waals surface area contributed by atoms with Crippen LogP contribution < -0.4 is 10.1 Å². The van der Waals surface area contributed by atoms with Gasteiger partial charge in [-0.2, -0.15) is 13.2 Å². The molecule has 4 aromatic rings. The van der Waals surface area contributed by atoms with Crippen molar-refractivity contribution < 1.29 is 37.7 Å². The lowest BCUT2D eigenvalue weighted by molar-refractivity contribution is -0.186. The Morgan fingerprint density at radius 1 is 1.08 bits per heavy atom.